The molecule has 0 amide bonds. The molecule has 12 heteroatoms. The highest BCUT2D eigenvalue weighted by atomic mass is 128. The molecule has 0 unspecified atom stereocenters. The number of aromatic nitrogens is 8. The Kier molecular flexibility index (Phi) is 12.1. The first kappa shape index (κ1) is 26.8. The van der Waals surface area contributed by atoms with Crippen molar-refractivity contribution < 1.29 is 0 Å². The molecule has 0 spiro atoms. The van der Waals surface area contributed by atoms with E-state index in [1.165, 1.54) is 0 Å². The average molecular weight is 648 g/mol. The van der Waals surface area contributed by atoms with E-state index in [1.807, 2.05) is 57.7 Å². The Morgan fingerprint density at radius 1 is 0.774 bits per heavy atom. The highest BCUT2D eigenvalue weighted by Gasteiger charge is 2.02. The van der Waals surface area contributed by atoms with Crippen molar-refractivity contribution in [1.29, 1.82) is 0 Å². The molecule has 0 saturated heterocycles. The summed E-state index contributed by atoms with van der Waals surface area (Å²) in [5.74, 6) is 0.685. The quantitative estimate of drug-likeness (QED) is 0.253. The Bertz CT molecular complexity index is 1010. The van der Waals surface area contributed by atoms with E-state index in [1.54, 1.807) is 28.8 Å². The number of halogens is 2. The third-order valence-corrected chi connectivity index (χ3v) is 3.72. The monoisotopic (exact) mass is 648 g/mol. The van der Waals surface area contributed by atoms with Crippen LogP contribution in [0.5, 0.6) is 0 Å². The fourth-order valence-corrected chi connectivity index (χ4v) is 2.34. The molecule has 31 heavy (non-hydrogen) atoms. The summed E-state index contributed by atoms with van der Waals surface area (Å²) in [5.41, 5.74) is 10.2. The normalized spacial score (nSPS) is 9.48. The first-order valence-corrected chi connectivity index (χ1v) is 15.0. The van der Waals surface area contributed by atoms with Gasteiger partial charge in [0.15, 0.2) is 5.82 Å². The van der Waals surface area contributed by atoms with Crippen LogP contribution in [0.1, 0.15) is 13.1 Å². The minimum Gasteiger partial charge on any atom is -0.305 e. The number of rotatable bonds is 4. The van der Waals surface area contributed by atoms with Crippen molar-refractivity contribution in [3.05, 3.63) is 54.7 Å². The van der Waals surface area contributed by atoms with Gasteiger partial charge in [-0.05, 0) is 31.2 Å². The number of hydrogen-bond acceptors (Lipinski definition) is 8. The van der Waals surface area contributed by atoms with Crippen molar-refractivity contribution in [2.24, 2.45) is 14.1 Å². The summed E-state index contributed by atoms with van der Waals surface area (Å²) >= 11 is 4.24. The Labute approximate surface area is 205 Å². The summed E-state index contributed by atoms with van der Waals surface area (Å²) in [6.45, 7) is 1.92. The summed E-state index contributed by atoms with van der Waals surface area (Å²) in [6, 6.07) is 7.63. The maximum Gasteiger partial charge on any atom is 0.162 e. The van der Waals surface area contributed by atoms with E-state index in [4.69, 9.17) is 0 Å². The number of aryl methyl sites for hydroxylation is 3. The van der Waals surface area contributed by atoms with E-state index >= 15 is 0 Å². The number of nitrogens with one attached hydrogen (secondary N) is 2. The molecule has 0 aliphatic carbocycles. The van der Waals surface area contributed by atoms with Crippen LogP contribution in [0, 0.1) is 6.92 Å². The zero-order chi connectivity index (χ0) is 21.9. The third kappa shape index (κ3) is 8.45. The van der Waals surface area contributed by atoms with Gasteiger partial charge >= 0.3 is 0 Å². The summed E-state index contributed by atoms with van der Waals surface area (Å²) < 4.78 is 3.48. The van der Waals surface area contributed by atoms with Gasteiger partial charge in [-0.15, -0.1) is 10.2 Å². The molecule has 0 aromatic carbocycles. The lowest BCUT2D eigenvalue weighted by atomic mass is 10.2. The number of hydrazine groups is 1. The van der Waals surface area contributed by atoms with Gasteiger partial charge in [-0.25, -0.2) is 5.43 Å². The van der Waals surface area contributed by atoms with Gasteiger partial charge in [0.25, 0.3) is 0 Å². The molecule has 2 N–H and O–H groups in total. The van der Waals surface area contributed by atoms with Gasteiger partial charge < -0.3 is 5.43 Å². The molecule has 0 fully saturated rings. The second-order valence-electron chi connectivity index (χ2n) is 6.04. The van der Waals surface area contributed by atoms with Crippen LogP contribution in [-0.4, -0.2) is 47.0 Å². The Balaban J connectivity index is 0.000000281. The van der Waals surface area contributed by atoms with Crippen molar-refractivity contribution in [3.8, 4) is 22.5 Å². The molecule has 4 rings (SSSR count). The highest BCUT2D eigenvalue weighted by Crippen LogP contribution is 2.15. The summed E-state index contributed by atoms with van der Waals surface area (Å²) in [7, 11) is 5.52. The minimum absolute atomic E-state index is 0. The molecule has 0 atom stereocenters. The van der Waals surface area contributed by atoms with Crippen LogP contribution >= 0.6 is 37.2 Å². The SMILES string of the molecule is C.CNNc1ccc(-c2cnn(C)c2)nn1.Cc1ccc(-c2cnn(C)c2)nn1.II. The van der Waals surface area contributed by atoms with Crippen LogP contribution < -0.4 is 10.9 Å². The van der Waals surface area contributed by atoms with E-state index in [9.17, 15) is 0 Å². The van der Waals surface area contributed by atoms with E-state index in [-0.39, 0.29) is 7.43 Å². The zero-order valence-electron chi connectivity index (χ0n) is 17.0. The lowest BCUT2D eigenvalue weighted by Gasteiger charge is -2.01. The topological polar surface area (TPSA) is 111 Å². The summed E-state index contributed by atoms with van der Waals surface area (Å²) in [5, 5.41) is 24.2. The van der Waals surface area contributed by atoms with Gasteiger partial charge in [-0.2, -0.15) is 20.4 Å². The van der Waals surface area contributed by atoms with Gasteiger partial charge in [0.1, 0.15) is 0 Å². The van der Waals surface area contributed by atoms with Crippen molar-refractivity contribution >= 4 is 43.0 Å². The molecule has 4 aromatic heterocycles. The first-order chi connectivity index (χ1) is 14.5. The van der Waals surface area contributed by atoms with Crippen molar-refractivity contribution in [1.82, 2.24) is 45.4 Å². The summed E-state index contributed by atoms with van der Waals surface area (Å²) in [4.78, 5) is 0. The predicted molar refractivity (Wildman–Crippen MR) is 141 cm³/mol. The van der Waals surface area contributed by atoms with Gasteiger partial charge in [-0.1, -0.05) is 7.43 Å². The van der Waals surface area contributed by atoms with Crippen molar-refractivity contribution in [2.45, 2.75) is 14.4 Å². The Morgan fingerprint density at radius 2 is 1.29 bits per heavy atom. The predicted octanol–water partition coefficient (Wildman–Crippen LogP) is 4.02. The van der Waals surface area contributed by atoms with Crippen LogP contribution in [0.25, 0.3) is 22.5 Å². The maximum absolute atomic E-state index is 4.08. The van der Waals surface area contributed by atoms with Crippen molar-refractivity contribution in [2.75, 3.05) is 12.5 Å². The molecule has 0 bridgehead atoms. The molecule has 0 radical (unpaired) electrons. The molecule has 10 nitrogen and oxygen atoms in total. The average Bonchev–Trinajstić information content (AvgIpc) is 3.40. The minimum atomic E-state index is 0. The number of hydrogen-bond donors (Lipinski definition) is 2. The van der Waals surface area contributed by atoms with Crippen molar-refractivity contribution in [3.63, 3.8) is 0 Å². The van der Waals surface area contributed by atoms with Crippen LogP contribution in [0.4, 0.5) is 5.82 Å². The van der Waals surface area contributed by atoms with Crippen LogP contribution in [0.3, 0.4) is 0 Å². The van der Waals surface area contributed by atoms with E-state index in [0.717, 1.165) is 28.2 Å². The lowest BCUT2D eigenvalue weighted by molar-refractivity contribution is 0.768. The fraction of sp³-hybridized carbons (Fsp3) is 0.263. The third-order valence-electron chi connectivity index (χ3n) is 3.72. The summed E-state index contributed by atoms with van der Waals surface area (Å²) in [6.07, 6.45) is 7.35. The standard InChI is InChI=1S/C9H12N6.C9H10N4.CH4.I2/c1-10-13-9-4-3-8(12-14-9)7-5-11-15(2)6-7;1-7-3-4-9(12-11-7)8-5-10-13(2)6-8;;1-2/h3-6,10H,1-2H3,(H,13,14);3-6H,1-2H3;1H4;. The maximum atomic E-state index is 4.08. The Morgan fingerprint density at radius 3 is 1.65 bits per heavy atom. The Hall–Kier alpha value is -2.20. The molecule has 166 valence electrons. The van der Waals surface area contributed by atoms with Gasteiger partial charge in [0.2, 0.25) is 0 Å². The largest absolute Gasteiger partial charge is 0.305 e. The molecule has 0 saturated carbocycles. The van der Waals surface area contributed by atoms with E-state index in [0.29, 0.717) is 5.82 Å². The lowest BCUT2D eigenvalue weighted by Crippen LogP contribution is -2.16. The molecule has 4 aromatic rings. The molecule has 4 heterocycles. The molecule has 0 aliphatic rings. The number of anilines is 1. The number of nitrogens with zero attached hydrogens (tertiary/aromatic N) is 8. The van der Waals surface area contributed by atoms with Gasteiger partial charge in [-0.3, -0.25) is 9.36 Å². The van der Waals surface area contributed by atoms with Crippen LogP contribution in [0.2, 0.25) is 0 Å². The highest BCUT2D eigenvalue weighted by molar-refractivity contribution is 15.0. The van der Waals surface area contributed by atoms with Crippen LogP contribution in [-0.2, 0) is 14.1 Å². The smallest absolute Gasteiger partial charge is 0.162 e. The first-order valence-electron chi connectivity index (χ1n) is 8.74. The van der Waals surface area contributed by atoms with Crippen LogP contribution in [0.15, 0.2) is 49.1 Å². The molecular weight excluding hydrogens is 622 g/mol. The van der Waals surface area contributed by atoms with E-state index < -0.39 is 0 Å². The zero-order valence-corrected chi connectivity index (χ0v) is 21.3. The fourth-order valence-electron chi connectivity index (χ4n) is 2.34. The molecular formula is C19H26I2N10. The van der Waals surface area contributed by atoms with E-state index in [2.05, 4.69) is 78.7 Å². The van der Waals surface area contributed by atoms with Gasteiger partial charge in [0, 0.05) is 81.9 Å². The molecule has 0 aliphatic heterocycles. The second-order valence-corrected chi connectivity index (χ2v) is 6.04. The second kappa shape index (κ2) is 14.0. The van der Waals surface area contributed by atoms with Gasteiger partial charge in [0.05, 0.1) is 29.5 Å².